The highest BCUT2D eigenvalue weighted by molar-refractivity contribution is 5.44. The third kappa shape index (κ3) is 4.17. The standard InChI is InChI=1S/C23H32N4/c1-23(2)18-27(17-21(23)20-7-5-4-6-8-20)22-10-9-19(15-24-22)16-26-13-11-25(3)12-14-26/h4-10,15,21H,11-14,16-18H2,1-3H3/t21-/m0/s1. The van der Waals surface area contributed by atoms with Crippen molar-refractivity contribution in [1.29, 1.82) is 0 Å². The Morgan fingerprint density at radius 3 is 2.41 bits per heavy atom. The van der Waals surface area contributed by atoms with E-state index in [0.717, 1.165) is 51.6 Å². The van der Waals surface area contributed by atoms with Crippen molar-refractivity contribution in [1.82, 2.24) is 14.8 Å². The molecule has 0 radical (unpaired) electrons. The number of rotatable bonds is 4. The van der Waals surface area contributed by atoms with Gasteiger partial charge in [-0.15, -0.1) is 0 Å². The van der Waals surface area contributed by atoms with Gasteiger partial charge in [0.15, 0.2) is 0 Å². The maximum atomic E-state index is 4.82. The van der Waals surface area contributed by atoms with Crippen LogP contribution in [0.1, 0.15) is 30.9 Å². The molecule has 1 atom stereocenters. The van der Waals surface area contributed by atoms with Gasteiger partial charge in [-0.25, -0.2) is 4.98 Å². The zero-order valence-electron chi connectivity index (χ0n) is 16.9. The number of hydrogen-bond donors (Lipinski definition) is 0. The molecule has 0 N–H and O–H groups in total. The summed E-state index contributed by atoms with van der Waals surface area (Å²) in [5.41, 5.74) is 3.01. The van der Waals surface area contributed by atoms with Crippen molar-refractivity contribution in [3.05, 3.63) is 59.8 Å². The molecule has 4 heteroatoms. The predicted octanol–water partition coefficient (Wildman–Crippen LogP) is 3.46. The Labute approximate surface area is 163 Å². The van der Waals surface area contributed by atoms with Gasteiger partial charge in [-0.3, -0.25) is 4.90 Å². The van der Waals surface area contributed by atoms with Crippen LogP contribution in [0.2, 0.25) is 0 Å². The lowest BCUT2D eigenvalue weighted by molar-refractivity contribution is 0.148. The SMILES string of the molecule is CN1CCN(Cc2ccc(N3C[C@@H](c4ccccc4)C(C)(C)C3)nc2)CC1. The van der Waals surface area contributed by atoms with Crippen molar-refractivity contribution in [3.8, 4) is 0 Å². The Balaban J connectivity index is 1.42. The highest BCUT2D eigenvalue weighted by Crippen LogP contribution is 2.43. The summed E-state index contributed by atoms with van der Waals surface area (Å²) in [7, 11) is 2.20. The molecule has 0 unspecified atom stereocenters. The third-order valence-corrected chi connectivity index (χ3v) is 6.28. The molecular weight excluding hydrogens is 332 g/mol. The van der Waals surface area contributed by atoms with Gasteiger partial charge in [0, 0.05) is 57.9 Å². The van der Waals surface area contributed by atoms with Crippen molar-refractivity contribution < 1.29 is 0 Å². The van der Waals surface area contributed by atoms with Crippen LogP contribution in [0.3, 0.4) is 0 Å². The van der Waals surface area contributed by atoms with E-state index in [2.05, 4.69) is 84.3 Å². The van der Waals surface area contributed by atoms with Crippen LogP contribution in [0.4, 0.5) is 5.82 Å². The molecule has 2 aliphatic rings. The van der Waals surface area contributed by atoms with Crippen molar-refractivity contribution in [2.75, 3.05) is 51.2 Å². The topological polar surface area (TPSA) is 22.6 Å². The van der Waals surface area contributed by atoms with Crippen LogP contribution < -0.4 is 4.90 Å². The minimum absolute atomic E-state index is 0.252. The molecule has 2 aromatic rings. The van der Waals surface area contributed by atoms with E-state index in [4.69, 9.17) is 4.98 Å². The molecule has 2 saturated heterocycles. The van der Waals surface area contributed by atoms with Crippen LogP contribution in [0.25, 0.3) is 0 Å². The van der Waals surface area contributed by atoms with Crippen LogP contribution in [0.15, 0.2) is 48.7 Å². The molecule has 0 spiro atoms. The van der Waals surface area contributed by atoms with E-state index >= 15 is 0 Å². The zero-order chi connectivity index (χ0) is 18.9. The van der Waals surface area contributed by atoms with Gasteiger partial charge < -0.3 is 9.80 Å². The quantitative estimate of drug-likeness (QED) is 0.829. The minimum atomic E-state index is 0.252. The van der Waals surface area contributed by atoms with Gasteiger partial charge in [-0.05, 0) is 29.7 Å². The van der Waals surface area contributed by atoms with E-state index in [0.29, 0.717) is 5.92 Å². The summed E-state index contributed by atoms with van der Waals surface area (Å²) >= 11 is 0. The van der Waals surface area contributed by atoms with Gasteiger partial charge in [-0.2, -0.15) is 0 Å². The molecule has 0 saturated carbocycles. The fourth-order valence-electron chi connectivity index (χ4n) is 4.51. The summed E-state index contributed by atoms with van der Waals surface area (Å²) < 4.78 is 0. The average molecular weight is 365 g/mol. The molecule has 3 heterocycles. The summed E-state index contributed by atoms with van der Waals surface area (Å²) in [6.45, 7) is 12.5. The Morgan fingerprint density at radius 2 is 1.74 bits per heavy atom. The van der Waals surface area contributed by atoms with E-state index in [1.807, 2.05) is 0 Å². The lowest BCUT2D eigenvalue weighted by Crippen LogP contribution is -2.43. The van der Waals surface area contributed by atoms with Gasteiger partial charge in [0.05, 0.1) is 0 Å². The Morgan fingerprint density at radius 1 is 1.00 bits per heavy atom. The molecular formula is C23H32N4. The Bertz CT molecular complexity index is 733. The number of nitrogens with zero attached hydrogens (tertiary/aromatic N) is 4. The van der Waals surface area contributed by atoms with Crippen LogP contribution in [0, 0.1) is 5.41 Å². The first kappa shape index (κ1) is 18.5. The molecule has 4 nitrogen and oxygen atoms in total. The molecule has 144 valence electrons. The number of piperazine rings is 1. The third-order valence-electron chi connectivity index (χ3n) is 6.28. The lowest BCUT2D eigenvalue weighted by atomic mass is 9.78. The number of likely N-dealkylation sites (N-methyl/N-ethyl adjacent to an activating group) is 1. The maximum absolute atomic E-state index is 4.82. The monoisotopic (exact) mass is 364 g/mol. The highest BCUT2D eigenvalue weighted by atomic mass is 15.2. The van der Waals surface area contributed by atoms with Gasteiger partial charge in [0.2, 0.25) is 0 Å². The van der Waals surface area contributed by atoms with Crippen molar-refractivity contribution in [2.45, 2.75) is 26.3 Å². The first-order valence-electron chi connectivity index (χ1n) is 10.2. The van der Waals surface area contributed by atoms with Crippen LogP contribution in [0.5, 0.6) is 0 Å². The zero-order valence-corrected chi connectivity index (χ0v) is 16.9. The second kappa shape index (κ2) is 7.61. The van der Waals surface area contributed by atoms with Gasteiger partial charge >= 0.3 is 0 Å². The smallest absolute Gasteiger partial charge is 0.128 e. The fraction of sp³-hybridized carbons (Fsp3) is 0.522. The largest absolute Gasteiger partial charge is 0.355 e. The second-order valence-electron chi connectivity index (χ2n) is 8.94. The van der Waals surface area contributed by atoms with Gasteiger partial charge in [0.25, 0.3) is 0 Å². The van der Waals surface area contributed by atoms with E-state index in [1.54, 1.807) is 0 Å². The molecule has 27 heavy (non-hydrogen) atoms. The van der Waals surface area contributed by atoms with E-state index in [-0.39, 0.29) is 5.41 Å². The lowest BCUT2D eigenvalue weighted by Gasteiger charge is -2.32. The van der Waals surface area contributed by atoms with Crippen molar-refractivity contribution >= 4 is 5.82 Å². The summed E-state index contributed by atoms with van der Waals surface area (Å²) in [6.07, 6.45) is 2.08. The van der Waals surface area contributed by atoms with Gasteiger partial charge in [0.1, 0.15) is 5.82 Å². The van der Waals surface area contributed by atoms with Crippen LogP contribution >= 0.6 is 0 Å². The summed E-state index contributed by atoms with van der Waals surface area (Å²) in [6, 6.07) is 15.4. The molecule has 1 aromatic carbocycles. The van der Waals surface area contributed by atoms with Crippen LogP contribution in [-0.2, 0) is 6.54 Å². The van der Waals surface area contributed by atoms with Gasteiger partial charge in [-0.1, -0.05) is 50.2 Å². The molecule has 0 bridgehead atoms. The van der Waals surface area contributed by atoms with Crippen molar-refractivity contribution in [2.24, 2.45) is 5.41 Å². The number of benzene rings is 1. The highest BCUT2D eigenvalue weighted by Gasteiger charge is 2.40. The van der Waals surface area contributed by atoms with E-state index < -0.39 is 0 Å². The number of hydrogen-bond acceptors (Lipinski definition) is 4. The molecule has 1 aromatic heterocycles. The summed E-state index contributed by atoms with van der Waals surface area (Å²) in [4.78, 5) is 12.2. The number of aromatic nitrogens is 1. The first-order chi connectivity index (χ1) is 13.0. The Kier molecular flexibility index (Phi) is 5.20. The summed E-state index contributed by atoms with van der Waals surface area (Å²) in [5.74, 6) is 1.66. The van der Waals surface area contributed by atoms with E-state index in [1.165, 1.54) is 11.1 Å². The average Bonchev–Trinajstić information content (AvgIpc) is 3.00. The minimum Gasteiger partial charge on any atom is -0.355 e. The molecule has 4 rings (SSSR count). The molecule has 0 amide bonds. The Hall–Kier alpha value is -1.91. The molecule has 2 aliphatic heterocycles. The molecule has 2 fully saturated rings. The fourth-order valence-corrected chi connectivity index (χ4v) is 4.51. The van der Waals surface area contributed by atoms with Crippen LogP contribution in [-0.4, -0.2) is 61.1 Å². The molecule has 0 aliphatic carbocycles. The number of anilines is 1. The maximum Gasteiger partial charge on any atom is 0.128 e. The van der Waals surface area contributed by atoms with E-state index in [9.17, 15) is 0 Å². The predicted molar refractivity (Wildman–Crippen MR) is 112 cm³/mol. The van der Waals surface area contributed by atoms with Crippen molar-refractivity contribution in [3.63, 3.8) is 0 Å². The number of pyridine rings is 1. The normalized spacial score (nSPS) is 23.7. The second-order valence-corrected chi connectivity index (χ2v) is 8.94. The first-order valence-corrected chi connectivity index (χ1v) is 10.2. The summed E-state index contributed by atoms with van der Waals surface area (Å²) in [5, 5.41) is 0.